The summed E-state index contributed by atoms with van der Waals surface area (Å²) in [5, 5.41) is 3.33. The van der Waals surface area contributed by atoms with Crippen molar-refractivity contribution in [3.63, 3.8) is 0 Å². The smallest absolute Gasteiger partial charge is 0.0584 e. The summed E-state index contributed by atoms with van der Waals surface area (Å²) in [6, 6.07) is 0. The van der Waals surface area contributed by atoms with Gasteiger partial charge in [-0.05, 0) is 39.4 Å². The highest BCUT2D eigenvalue weighted by atomic mass is 16.5. The van der Waals surface area contributed by atoms with Crippen LogP contribution in [0, 0.1) is 0 Å². The van der Waals surface area contributed by atoms with Crippen LogP contribution in [0.5, 0.6) is 0 Å². The standard InChI is InChI=1S/C7H15NO.C2H6.CH5N/c1-9-7-3-2-5-8-6-4-7;2*1-2/h7-8H,2-6H2,1H3;1-2H3;2H2,1H3. The number of hydrogen-bond acceptors (Lipinski definition) is 3. The molecule has 1 unspecified atom stereocenters. The highest BCUT2D eigenvalue weighted by molar-refractivity contribution is 4.65. The molecular weight excluding hydrogens is 164 g/mol. The third-order valence-corrected chi connectivity index (χ3v) is 1.86. The van der Waals surface area contributed by atoms with Gasteiger partial charge >= 0.3 is 0 Å². The van der Waals surface area contributed by atoms with E-state index in [2.05, 4.69) is 11.1 Å². The molecule has 0 bridgehead atoms. The van der Waals surface area contributed by atoms with E-state index >= 15 is 0 Å². The Morgan fingerprint density at radius 1 is 1.15 bits per heavy atom. The summed E-state index contributed by atoms with van der Waals surface area (Å²) in [7, 11) is 3.30. The number of nitrogens with one attached hydrogen (secondary N) is 1. The molecule has 1 atom stereocenters. The van der Waals surface area contributed by atoms with E-state index in [1.165, 1.54) is 32.9 Å². The van der Waals surface area contributed by atoms with Gasteiger partial charge in [-0.1, -0.05) is 13.8 Å². The maximum atomic E-state index is 5.23. The SMILES string of the molecule is CC.CN.COC1CCCNCC1. The Hall–Kier alpha value is -0.120. The van der Waals surface area contributed by atoms with Gasteiger partial charge in [0.15, 0.2) is 0 Å². The average Bonchev–Trinajstić information content (AvgIpc) is 2.51. The fourth-order valence-electron chi connectivity index (χ4n) is 1.22. The van der Waals surface area contributed by atoms with E-state index in [1.54, 1.807) is 7.11 Å². The zero-order valence-corrected chi connectivity index (χ0v) is 9.60. The molecule has 0 saturated carbocycles. The highest BCUT2D eigenvalue weighted by Crippen LogP contribution is 2.07. The Labute approximate surface area is 83.0 Å². The van der Waals surface area contributed by atoms with Crippen LogP contribution < -0.4 is 11.1 Å². The highest BCUT2D eigenvalue weighted by Gasteiger charge is 2.08. The monoisotopic (exact) mass is 190 g/mol. The lowest BCUT2D eigenvalue weighted by atomic mass is 10.2. The van der Waals surface area contributed by atoms with Gasteiger partial charge in [-0.15, -0.1) is 0 Å². The number of ether oxygens (including phenoxy) is 1. The molecule has 0 aromatic heterocycles. The van der Waals surface area contributed by atoms with Crippen LogP contribution in [0.3, 0.4) is 0 Å². The fourth-order valence-corrected chi connectivity index (χ4v) is 1.22. The van der Waals surface area contributed by atoms with E-state index in [4.69, 9.17) is 4.74 Å². The van der Waals surface area contributed by atoms with Crippen LogP contribution in [0.4, 0.5) is 0 Å². The van der Waals surface area contributed by atoms with Crippen molar-refractivity contribution in [1.82, 2.24) is 5.32 Å². The first-order chi connectivity index (χ1) is 6.43. The molecule has 3 N–H and O–H groups in total. The molecular formula is C10H26N2O. The number of hydrogen-bond donors (Lipinski definition) is 2. The summed E-state index contributed by atoms with van der Waals surface area (Å²) in [6.07, 6.45) is 4.18. The average molecular weight is 190 g/mol. The van der Waals surface area contributed by atoms with Crippen molar-refractivity contribution < 1.29 is 4.74 Å². The van der Waals surface area contributed by atoms with Crippen molar-refractivity contribution in [2.45, 2.75) is 39.2 Å². The second-order valence-electron chi connectivity index (χ2n) is 2.54. The Morgan fingerprint density at radius 2 is 1.77 bits per heavy atom. The van der Waals surface area contributed by atoms with Gasteiger partial charge in [0, 0.05) is 7.11 Å². The second-order valence-corrected chi connectivity index (χ2v) is 2.54. The molecule has 3 heteroatoms. The normalized spacial score (nSPS) is 21.5. The van der Waals surface area contributed by atoms with Gasteiger partial charge in [0.25, 0.3) is 0 Å². The third kappa shape index (κ3) is 9.80. The summed E-state index contributed by atoms with van der Waals surface area (Å²) >= 11 is 0. The van der Waals surface area contributed by atoms with Crippen molar-refractivity contribution in [3.8, 4) is 0 Å². The summed E-state index contributed by atoms with van der Waals surface area (Å²) in [4.78, 5) is 0. The van der Waals surface area contributed by atoms with Crippen molar-refractivity contribution >= 4 is 0 Å². The van der Waals surface area contributed by atoms with Gasteiger partial charge < -0.3 is 15.8 Å². The molecule has 1 fully saturated rings. The van der Waals surface area contributed by atoms with Gasteiger partial charge in [-0.2, -0.15) is 0 Å². The second kappa shape index (κ2) is 14.4. The van der Waals surface area contributed by atoms with Crippen molar-refractivity contribution in [2.75, 3.05) is 27.2 Å². The lowest BCUT2D eigenvalue weighted by Crippen LogP contribution is -2.16. The van der Waals surface area contributed by atoms with E-state index in [1.807, 2.05) is 13.8 Å². The minimum atomic E-state index is 0.514. The first-order valence-corrected chi connectivity index (χ1v) is 5.24. The van der Waals surface area contributed by atoms with Gasteiger partial charge in [-0.3, -0.25) is 0 Å². The van der Waals surface area contributed by atoms with Crippen LogP contribution in [-0.4, -0.2) is 33.4 Å². The molecule has 1 aliphatic heterocycles. The molecule has 1 saturated heterocycles. The predicted octanol–water partition coefficient (Wildman–Crippen LogP) is 1.38. The van der Waals surface area contributed by atoms with Crippen LogP contribution >= 0.6 is 0 Å². The Kier molecular flexibility index (Phi) is 17.0. The molecule has 0 amide bonds. The van der Waals surface area contributed by atoms with Crippen LogP contribution in [0.15, 0.2) is 0 Å². The summed E-state index contributed by atoms with van der Waals surface area (Å²) in [6.45, 7) is 6.29. The van der Waals surface area contributed by atoms with E-state index < -0.39 is 0 Å². The van der Waals surface area contributed by atoms with Crippen molar-refractivity contribution in [2.24, 2.45) is 5.73 Å². The minimum Gasteiger partial charge on any atom is -0.381 e. The maximum Gasteiger partial charge on any atom is 0.0584 e. The first-order valence-electron chi connectivity index (χ1n) is 5.24. The Bertz CT molecular complexity index is 71.3. The number of nitrogens with two attached hydrogens (primary N) is 1. The lowest BCUT2D eigenvalue weighted by Gasteiger charge is -2.09. The number of methoxy groups -OCH3 is 1. The van der Waals surface area contributed by atoms with E-state index in [0.717, 1.165) is 6.54 Å². The maximum absolute atomic E-state index is 5.23. The Morgan fingerprint density at radius 3 is 2.31 bits per heavy atom. The molecule has 0 radical (unpaired) electrons. The van der Waals surface area contributed by atoms with Gasteiger partial charge in [0.1, 0.15) is 0 Å². The fraction of sp³-hybridized carbons (Fsp3) is 1.00. The summed E-state index contributed by atoms with van der Waals surface area (Å²) < 4.78 is 5.23. The van der Waals surface area contributed by atoms with Crippen LogP contribution in [0.2, 0.25) is 0 Å². The molecule has 0 aromatic carbocycles. The molecule has 1 heterocycles. The molecule has 0 aliphatic carbocycles. The molecule has 3 nitrogen and oxygen atoms in total. The molecule has 0 spiro atoms. The van der Waals surface area contributed by atoms with Crippen LogP contribution in [-0.2, 0) is 4.74 Å². The van der Waals surface area contributed by atoms with Gasteiger partial charge in [0.05, 0.1) is 6.10 Å². The van der Waals surface area contributed by atoms with Crippen molar-refractivity contribution in [1.29, 1.82) is 0 Å². The Balaban J connectivity index is 0. The van der Waals surface area contributed by atoms with Gasteiger partial charge in [0.2, 0.25) is 0 Å². The minimum absolute atomic E-state index is 0.514. The van der Waals surface area contributed by atoms with Crippen LogP contribution in [0.25, 0.3) is 0 Å². The van der Waals surface area contributed by atoms with E-state index in [-0.39, 0.29) is 0 Å². The number of rotatable bonds is 1. The van der Waals surface area contributed by atoms with Gasteiger partial charge in [-0.25, -0.2) is 0 Å². The summed E-state index contributed by atoms with van der Waals surface area (Å²) in [5.74, 6) is 0. The summed E-state index contributed by atoms with van der Waals surface area (Å²) in [5.41, 5.74) is 4.50. The quantitative estimate of drug-likeness (QED) is 0.656. The first kappa shape index (κ1) is 15.4. The van der Waals surface area contributed by atoms with E-state index in [0.29, 0.717) is 6.10 Å². The largest absolute Gasteiger partial charge is 0.381 e. The lowest BCUT2D eigenvalue weighted by molar-refractivity contribution is 0.0928. The zero-order chi connectivity index (χ0) is 10.5. The third-order valence-electron chi connectivity index (χ3n) is 1.86. The molecule has 0 aromatic rings. The zero-order valence-electron chi connectivity index (χ0n) is 9.60. The van der Waals surface area contributed by atoms with E-state index in [9.17, 15) is 0 Å². The van der Waals surface area contributed by atoms with Crippen LogP contribution in [0.1, 0.15) is 33.1 Å². The molecule has 82 valence electrons. The topological polar surface area (TPSA) is 47.3 Å². The molecule has 1 aliphatic rings. The predicted molar refractivity (Wildman–Crippen MR) is 59.0 cm³/mol. The molecule has 1 rings (SSSR count). The van der Waals surface area contributed by atoms with Crippen molar-refractivity contribution in [3.05, 3.63) is 0 Å². The molecule has 13 heavy (non-hydrogen) atoms.